The second kappa shape index (κ2) is 9.52. The summed E-state index contributed by atoms with van der Waals surface area (Å²) in [6, 6.07) is 4.14. The molecule has 0 aliphatic carbocycles. The van der Waals surface area contributed by atoms with Crippen molar-refractivity contribution in [1.29, 1.82) is 0 Å². The van der Waals surface area contributed by atoms with E-state index < -0.39 is 23.7 Å². The molecule has 0 spiro atoms. The molecular weight excluding hydrogens is 266 g/mol. The Morgan fingerprint density at radius 1 is 1.41 bits per heavy atom. The van der Waals surface area contributed by atoms with E-state index in [4.69, 9.17) is 4.74 Å². The summed E-state index contributed by atoms with van der Waals surface area (Å²) < 4.78 is 26.0. The van der Waals surface area contributed by atoms with E-state index in [0.29, 0.717) is 11.3 Å². The Labute approximate surface area is 146 Å². The summed E-state index contributed by atoms with van der Waals surface area (Å²) in [7, 11) is 0. The number of carbonyl (C=O) groups is 1. The van der Waals surface area contributed by atoms with Crippen molar-refractivity contribution in [2.45, 2.75) is 11.8 Å². The van der Waals surface area contributed by atoms with Crippen molar-refractivity contribution in [2.75, 3.05) is 6.61 Å². The smallest absolute Gasteiger partial charge is 0.768 e. The molecule has 0 radical (unpaired) electrons. The van der Waals surface area contributed by atoms with Crippen LogP contribution in [0.3, 0.4) is 0 Å². The second-order valence-electron chi connectivity index (χ2n) is 2.82. The largest absolute Gasteiger partial charge is 1.00 e. The normalized spacial score (nSPS) is 10.7. The molecule has 0 fully saturated rings. The van der Waals surface area contributed by atoms with Gasteiger partial charge >= 0.3 is 59.1 Å². The molecule has 0 amide bonds. The number of rotatable bonds is 4. The van der Waals surface area contributed by atoms with Gasteiger partial charge in [0.05, 0.1) is 5.97 Å². The van der Waals surface area contributed by atoms with E-state index in [2.05, 4.69) is 0 Å². The van der Waals surface area contributed by atoms with E-state index in [0.717, 1.165) is 0 Å². The number of benzene rings is 1. The van der Waals surface area contributed by atoms with Gasteiger partial charge in [-0.25, -0.2) is 0 Å². The molecule has 1 aromatic rings. The van der Waals surface area contributed by atoms with Gasteiger partial charge in [-0.2, -0.15) is 0 Å². The number of carbonyl (C=O) groups excluding carboxylic acids is 1. The van der Waals surface area contributed by atoms with Crippen molar-refractivity contribution < 1.29 is 82.5 Å². The molecule has 1 unspecified atom stereocenters. The topological polar surface area (TPSA) is 89.5 Å². The number of hydrogen-bond acceptors (Lipinski definition) is 5. The van der Waals surface area contributed by atoms with Crippen LogP contribution in [0, 0.1) is 6.92 Å². The zero-order chi connectivity index (χ0) is 11.4. The maximum absolute atomic E-state index is 10.6. The zero-order valence-corrected chi connectivity index (χ0v) is 14.7. The van der Waals surface area contributed by atoms with Gasteiger partial charge in [-0.3, -0.25) is 4.21 Å². The minimum atomic E-state index is -2.29. The third kappa shape index (κ3) is 6.93. The summed E-state index contributed by atoms with van der Waals surface area (Å²) in [6.45, 7) is 1.07. The molecule has 0 saturated heterocycles. The van der Waals surface area contributed by atoms with Gasteiger partial charge in [-0.15, -0.1) is 0 Å². The summed E-state index contributed by atoms with van der Waals surface area (Å²) in [4.78, 5) is 10.3. The Bertz CT molecular complexity index is 410. The summed E-state index contributed by atoms with van der Waals surface area (Å²) in [6.07, 6.45) is 0. The maximum atomic E-state index is 10.6. The molecule has 0 aliphatic rings. The average molecular weight is 274 g/mol. The molecule has 1 atom stereocenters. The van der Waals surface area contributed by atoms with Crippen molar-refractivity contribution in [3.63, 3.8) is 0 Å². The minimum absolute atomic E-state index is 0. The Morgan fingerprint density at radius 2 is 2.00 bits per heavy atom. The number of ether oxygens (including phenoxy) is 1. The molecular formula is C9H8Na2O5S. The first-order chi connectivity index (χ1) is 7.00. The molecule has 5 nitrogen and oxygen atoms in total. The predicted octanol–water partition coefficient (Wildman–Crippen LogP) is -6.63. The molecule has 1 aromatic carbocycles. The first kappa shape index (κ1) is 19.9. The van der Waals surface area contributed by atoms with E-state index in [1.807, 2.05) is 0 Å². The van der Waals surface area contributed by atoms with E-state index in [9.17, 15) is 18.7 Å². The van der Waals surface area contributed by atoms with E-state index >= 15 is 0 Å². The van der Waals surface area contributed by atoms with Crippen molar-refractivity contribution in [2.24, 2.45) is 0 Å². The Morgan fingerprint density at radius 3 is 2.41 bits per heavy atom. The summed E-state index contributed by atoms with van der Waals surface area (Å²) in [5.74, 6) is -1.00. The third-order valence-electron chi connectivity index (χ3n) is 1.68. The average Bonchev–Trinajstić information content (AvgIpc) is 2.15. The van der Waals surface area contributed by atoms with Crippen LogP contribution in [-0.2, 0) is 15.9 Å². The van der Waals surface area contributed by atoms with Crippen LogP contribution in [0.4, 0.5) is 0 Å². The van der Waals surface area contributed by atoms with Crippen LogP contribution in [0.5, 0.6) is 5.75 Å². The van der Waals surface area contributed by atoms with Gasteiger partial charge in [0.15, 0.2) is 0 Å². The van der Waals surface area contributed by atoms with Gasteiger partial charge in [-0.05, 0) is 41.8 Å². The number of carboxylic acid groups (broad SMARTS) is 1. The molecule has 0 aliphatic heterocycles. The van der Waals surface area contributed by atoms with E-state index in [1.54, 1.807) is 6.92 Å². The number of carboxylic acids is 1. The van der Waals surface area contributed by atoms with Gasteiger partial charge in [0, 0.05) is 4.90 Å². The first-order valence-electron chi connectivity index (χ1n) is 4.03. The third-order valence-corrected chi connectivity index (χ3v) is 2.32. The Kier molecular flexibility index (Phi) is 11.2. The van der Waals surface area contributed by atoms with Gasteiger partial charge in [0.2, 0.25) is 0 Å². The number of hydrogen-bond donors (Lipinski definition) is 0. The van der Waals surface area contributed by atoms with Gasteiger partial charge in [0.1, 0.15) is 12.4 Å². The Hall–Kier alpha value is 0.600. The van der Waals surface area contributed by atoms with Crippen LogP contribution >= 0.6 is 0 Å². The molecule has 17 heavy (non-hydrogen) atoms. The molecule has 0 heterocycles. The fourth-order valence-electron chi connectivity index (χ4n) is 1.02. The standard InChI is InChI=1S/C9H10O5S.2Na/c1-6-4-7(15(12)13)2-3-8(6)14-5-9(10)11;;/h2-4H,5H2,1H3,(H,10,11)(H,12,13);;/q;2*+1/p-2. The van der Waals surface area contributed by atoms with Crippen LogP contribution in [0.1, 0.15) is 5.56 Å². The molecule has 0 N–H and O–H groups in total. The van der Waals surface area contributed by atoms with Crippen LogP contribution in [0.2, 0.25) is 0 Å². The molecule has 0 bridgehead atoms. The van der Waals surface area contributed by atoms with Crippen molar-refractivity contribution in [3.8, 4) is 5.75 Å². The zero-order valence-electron chi connectivity index (χ0n) is 9.89. The molecule has 0 aromatic heterocycles. The van der Waals surface area contributed by atoms with Crippen molar-refractivity contribution in [1.82, 2.24) is 0 Å². The molecule has 0 saturated carbocycles. The first-order valence-corrected chi connectivity index (χ1v) is 5.11. The monoisotopic (exact) mass is 274 g/mol. The SMILES string of the molecule is Cc1cc(S(=O)[O-])ccc1OCC(=O)[O-].[Na+].[Na+]. The fourth-order valence-corrected chi connectivity index (χ4v) is 1.48. The quantitative estimate of drug-likeness (QED) is 0.402. The van der Waals surface area contributed by atoms with Crippen LogP contribution in [0.25, 0.3) is 0 Å². The number of aliphatic carboxylic acids is 1. The summed E-state index contributed by atoms with van der Waals surface area (Å²) in [5.41, 5.74) is 0.554. The van der Waals surface area contributed by atoms with E-state index in [-0.39, 0.29) is 64.0 Å². The molecule has 82 valence electrons. The van der Waals surface area contributed by atoms with Gasteiger partial charge in [0.25, 0.3) is 0 Å². The number of aryl methyl sites for hydroxylation is 1. The summed E-state index contributed by atoms with van der Waals surface area (Å²) in [5, 5.41) is 10.1. The molecule has 8 heteroatoms. The van der Waals surface area contributed by atoms with Crippen molar-refractivity contribution >= 4 is 17.0 Å². The minimum Gasteiger partial charge on any atom is -0.768 e. The van der Waals surface area contributed by atoms with Gasteiger partial charge < -0.3 is 19.2 Å². The van der Waals surface area contributed by atoms with Crippen molar-refractivity contribution in [3.05, 3.63) is 23.8 Å². The summed E-state index contributed by atoms with van der Waals surface area (Å²) >= 11 is -2.29. The second-order valence-corrected chi connectivity index (χ2v) is 3.76. The fraction of sp³-hybridized carbons (Fsp3) is 0.222. The van der Waals surface area contributed by atoms with E-state index in [1.165, 1.54) is 18.2 Å². The maximum Gasteiger partial charge on any atom is 1.00 e. The van der Waals surface area contributed by atoms with Crippen LogP contribution in [-0.4, -0.2) is 21.3 Å². The Balaban J connectivity index is 0. The van der Waals surface area contributed by atoms with Gasteiger partial charge in [-0.1, -0.05) is 0 Å². The predicted molar refractivity (Wildman–Crippen MR) is 48.9 cm³/mol. The van der Waals surface area contributed by atoms with Crippen LogP contribution < -0.4 is 69.0 Å². The van der Waals surface area contributed by atoms with Crippen LogP contribution in [0.15, 0.2) is 23.1 Å². The molecule has 1 rings (SSSR count).